The normalized spacial score (nSPS) is 15.5. The van der Waals surface area contributed by atoms with Gasteiger partial charge in [0.1, 0.15) is 11.4 Å². The van der Waals surface area contributed by atoms with Gasteiger partial charge in [-0.1, -0.05) is 19.3 Å². The molecule has 0 bridgehead atoms. The molecular weight excluding hydrogens is 312 g/mol. The standard InChI is InChI=1S/C21H30N2O2/c1-5-23-19-13-12-17(25-6-2)14-18(19)15(3)20(23)21(24)22(4)16-10-8-7-9-11-16/h12-14,16H,5-11H2,1-4H3. The third-order valence-corrected chi connectivity index (χ3v) is 5.56. The number of rotatable bonds is 5. The highest BCUT2D eigenvalue weighted by Gasteiger charge is 2.27. The summed E-state index contributed by atoms with van der Waals surface area (Å²) in [7, 11) is 1.97. The molecule has 0 radical (unpaired) electrons. The minimum absolute atomic E-state index is 0.153. The molecule has 1 fully saturated rings. The van der Waals surface area contributed by atoms with Crippen LogP contribution in [0.25, 0.3) is 10.9 Å². The maximum atomic E-state index is 13.3. The van der Waals surface area contributed by atoms with Gasteiger partial charge in [-0.25, -0.2) is 0 Å². The van der Waals surface area contributed by atoms with Gasteiger partial charge in [-0.15, -0.1) is 0 Å². The Bertz CT molecular complexity index is 757. The van der Waals surface area contributed by atoms with Crippen molar-refractivity contribution >= 4 is 16.8 Å². The number of nitrogens with zero attached hydrogens (tertiary/aromatic N) is 2. The van der Waals surface area contributed by atoms with E-state index in [1.54, 1.807) is 0 Å². The smallest absolute Gasteiger partial charge is 0.270 e. The molecular formula is C21H30N2O2. The molecule has 0 aliphatic heterocycles. The van der Waals surface area contributed by atoms with E-state index < -0.39 is 0 Å². The summed E-state index contributed by atoms with van der Waals surface area (Å²) in [4.78, 5) is 15.3. The Kier molecular flexibility index (Phi) is 5.36. The molecule has 136 valence electrons. The van der Waals surface area contributed by atoms with Gasteiger partial charge in [-0.2, -0.15) is 0 Å². The van der Waals surface area contributed by atoms with Gasteiger partial charge in [0.15, 0.2) is 0 Å². The Hall–Kier alpha value is -1.97. The number of carbonyl (C=O) groups is 1. The molecule has 0 atom stereocenters. The molecule has 3 rings (SSSR count). The van der Waals surface area contributed by atoms with Crippen LogP contribution in [0.15, 0.2) is 18.2 Å². The van der Waals surface area contributed by atoms with Crippen LogP contribution in [0, 0.1) is 6.92 Å². The summed E-state index contributed by atoms with van der Waals surface area (Å²) in [6.07, 6.45) is 6.02. The third-order valence-electron chi connectivity index (χ3n) is 5.56. The largest absolute Gasteiger partial charge is 0.494 e. The van der Waals surface area contributed by atoms with Crippen LogP contribution in [0.3, 0.4) is 0 Å². The lowest BCUT2D eigenvalue weighted by atomic mass is 9.94. The summed E-state index contributed by atoms with van der Waals surface area (Å²) in [5, 5.41) is 1.12. The predicted molar refractivity (Wildman–Crippen MR) is 102 cm³/mol. The van der Waals surface area contributed by atoms with E-state index in [0.717, 1.165) is 47.3 Å². The third kappa shape index (κ3) is 3.26. The molecule has 1 amide bonds. The molecule has 1 aromatic carbocycles. The number of fused-ring (bicyclic) bond motifs is 1. The average molecular weight is 342 g/mol. The van der Waals surface area contributed by atoms with Crippen molar-refractivity contribution in [3.8, 4) is 5.75 Å². The van der Waals surface area contributed by atoms with E-state index in [4.69, 9.17) is 4.74 Å². The summed E-state index contributed by atoms with van der Waals surface area (Å²) in [5.74, 6) is 1.02. The van der Waals surface area contributed by atoms with Crippen LogP contribution in [0.1, 0.15) is 62.0 Å². The molecule has 25 heavy (non-hydrogen) atoms. The first kappa shape index (κ1) is 17.8. The van der Waals surface area contributed by atoms with E-state index in [1.165, 1.54) is 19.3 Å². The fraction of sp³-hybridized carbons (Fsp3) is 0.571. The molecule has 1 saturated carbocycles. The molecule has 1 heterocycles. The number of ether oxygens (including phenoxy) is 1. The zero-order valence-electron chi connectivity index (χ0n) is 16.0. The summed E-state index contributed by atoms with van der Waals surface area (Å²) >= 11 is 0. The van der Waals surface area contributed by atoms with Crippen LogP contribution in [0.4, 0.5) is 0 Å². The Balaban J connectivity index is 2.01. The number of hydrogen-bond acceptors (Lipinski definition) is 2. The number of aryl methyl sites for hydroxylation is 2. The van der Waals surface area contributed by atoms with E-state index in [1.807, 2.05) is 24.9 Å². The lowest BCUT2D eigenvalue weighted by Gasteiger charge is -2.31. The first-order valence-electron chi connectivity index (χ1n) is 9.61. The highest BCUT2D eigenvalue weighted by atomic mass is 16.5. The van der Waals surface area contributed by atoms with Crippen molar-refractivity contribution in [2.45, 2.75) is 65.5 Å². The van der Waals surface area contributed by atoms with Crippen LogP contribution in [-0.2, 0) is 6.54 Å². The number of hydrogen-bond donors (Lipinski definition) is 0. The summed E-state index contributed by atoms with van der Waals surface area (Å²) in [5.41, 5.74) is 3.01. The van der Waals surface area contributed by atoms with Crippen molar-refractivity contribution in [2.24, 2.45) is 0 Å². The molecule has 0 saturated heterocycles. The molecule has 0 unspecified atom stereocenters. The quantitative estimate of drug-likeness (QED) is 0.784. The fourth-order valence-electron chi connectivity index (χ4n) is 4.16. The Labute approximate surface area is 150 Å². The minimum atomic E-state index is 0.153. The van der Waals surface area contributed by atoms with Crippen LogP contribution < -0.4 is 4.74 Å². The lowest BCUT2D eigenvalue weighted by molar-refractivity contribution is 0.0685. The van der Waals surface area contributed by atoms with Gasteiger partial charge in [0, 0.05) is 30.5 Å². The molecule has 1 aliphatic carbocycles. The second kappa shape index (κ2) is 7.51. The van der Waals surface area contributed by atoms with Crippen molar-refractivity contribution < 1.29 is 9.53 Å². The molecule has 0 spiro atoms. The number of carbonyl (C=O) groups excluding carboxylic acids is 1. The minimum Gasteiger partial charge on any atom is -0.494 e. The maximum Gasteiger partial charge on any atom is 0.270 e. The molecule has 4 nitrogen and oxygen atoms in total. The highest BCUT2D eigenvalue weighted by molar-refractivity contribution is 6.02. The SMILES string of the molecule is CCOc1ccc2c(c1)c(C)c(C(=O)N(C)C1CCCCC1)n2CC. The monoisotopic (exact) mass is 342 g/mol. The van der Waals surface area contributed by atoms with Crippen molar-refractivity contribution in [1.29, 1.82) is 0 Å². The van der Waals surface area contributed by atoms with Crippen LogP contribution >= 0.6 is 0 Å². The molecule has 4 heteroatoms. The lowest BCUT2D eigenvalue weighted by Crippen LogP contribution is -2.39. The molecule has 1 aliphatic rings. The average Bonchev–Trinajstić information content (AvgIpc) is 2.93. The van der Waals surface area contributed by atoms with Gasteiger partial charge in [0.05, 0.1) is 6.61 Å². The van der Waals surface area contributed by atoms with Gasteiger partial charge in [-0.3, -0.25) is 4.79 Å². The van der Waals surface area contributed by atoms with Gasteiger partial charge in [0.25, 0.3) is 5.91 Å². The van der Waals surface area contributed by atoms with Crippen LogP contribution in [0.2, 0.25) is 0 Å². The van der Waals surface area contributed by atoms with Crippen molar-refractivity contribution in [3.05, 3.63) is 29.5 Å². The first-order valence-corrected chi connectivity index (χ1v) is 9.61. The number of benzene rings is 1. The van der Waals surface area contributed by atoms with E-state index in [9.17, 15) is 4.79 Å². The van der Waals surface area contributed by atoms with Gasteiger partial charge in [0.2, 0.25) is 0 Å². The molecule has 2 aromatic rings. The topological polar surface area (TPSA) is 34.5 Å². The molecule has 0 N–H and O–H groups in total. The van der Waals surface area contributed by atoms with E-state index in [0.29, 0.717) is 12.6 Å². The van der Waals surface area contributed by atoms with Gasteiger partial charge >= 0.3 is 0 Å². The zero-order chi connectivity index (χ0) is 18.0. The van der Waals surface area contributed by atoms with Gasteiger partial charge < -0.3 is 14.2 Å². The zero-order valence-corrected chi connectivity index (χ0v) is 16.0. The van der Waals surface area contributed by atoms with Crippen molar-refractivity contribution in [3.63, 3.8) is 0 Å². The second-order valence-electron chi connectivity index (χ2n) is 7.04. The van der Waals surface area contributed by atoms with Crippen molar-refractivity contribution in [2.75, 3.05) is 13.7 Å². The Morgan fingerprint density at radius 2 is 1.96 bits per heavy atom. The van der Waals surface area contributed by atoms with Crippen molar-refractivity contribution in [1.82, 2.24) is 9.47 Å². The van der Waals surface area contributed by atoms with E-state index >= 15 is 0 Å². The Morgan fingerprint density at radius 3 is 2.60 bits per heavy atom. The number of aromatic nitrogens is 1. The summed E-state index contributed by atoms with van der Waals surface area (Å²) < 4.78 is 7.81. The van der Waals surface area contributed by atoms with E-state index in [2.05, 4.69) is 30.5 Å². The van der Waals surface area contributed by atoms with Crippen LogP contribution in [0.5, 0.6) is 5.75 Å². The molecule has 1 aromatic heterocycles. The van der Waals surface area contributed by atoms with E-state index in [-0.39, 0.29) is 5.91 Å². The second-order valence-corrected chi connectivity index (χ2v) is 7.04. The Morgan fingerprint density at radius 1 is 1.24 bits per heavy atom. The first-order chi connectivity index (χ1) is 12.1. The maximum absolute atomic E-state index is 13.3. The van der Waals surface area contributed by atoms with Gasteiger partial charge in [-0.05, 0) is 57.4 Å². The summed E-state index contributed by atoms with van der Waals surface area (Å²) in [6, 6.07) is 6.52. The number of amides is 1. The fourth-order valence-corrected chi connectivity index (χ4v) is 4.16. The highest BCUT2D eigenvalue weighted by Crippen LogP contribution is 2.31. The predicted octanol–water partition coefficient (Wildman–Crippen LogP) is 4.77. The summed E-state index contributed by atoms with van der Waals surface area (Å²) in [6.45, 7) is 7.59. The van der Waals surface area contributed by atoms with Crippen LogP contribution in [-0.4, -0.2) is 35.1 Å².